The molecule has 0 saturated heterocycles. The lowest BCUT2D eigenvalue weighted by Crippen LogP contribution is -2.22. The van der Waals surface area contributed by atoms with E-state index in [1.165, 1.54) is 13.4 Å². The molecule has 0 aliphatic rings. The highest BCUT2D eigenvalue weighted by Crippen LogP contribution is 2.30. The summed E-state index contributed by atoms with van der Waals surface area (Å²) < 4.78 is 28.3. The van der Waals surface area contributed by atoms with Crippen LogP contribution in [-0.2, 0) is 20.4 Å². The Balaban J connectivity index is 2.08. The number of methoxy groups -OCH3 is 1. The van der Waals surface area contributed by atoms with Gasteiger partial charge in [-0.05, 0) is 30.2 Å². The second-order valence-corrected chi connectivity index (χ2v) is 8.48. The van der Waals surface area contributed by atoms with Gasteiger partial charge in [0.05, 0.1) is 25.1 Å². The van der Waals surface area contributed by atoms with Crippen LogP contribution in [0, 0.1) is 6.92 Å². The average molecular weight is 397 g/mol. The van der Waals surface area contributed by atoms with E-state index in [9.17, 15) is 13.2 Å². The Morgan fingerprint density at radius 1 is 1.19 bits per heavy atom. The maximum Gasteiger partial charge on any atom is 0.243 e. The topological polar surface area (TPSA) is 84.5 Å². The third-order valence-electron chi connectivity index (χ3n) is 3.63. The van der Waals surface area contributed by atoms with Crippen LogP contribution >= 0.6 is 11.6 Å². The second kappa shape index (κ2) is 8.42. The Kier molecular flexibility index (Phi) is 6.50. The van der Waals surface area contributed by atoms with Gasteiger partial charge in [0.2, 0.25) is 5.91 Å². The van der Waals surface area contributed by atoms with Gasteiger partial charge in [-0.1, -0.05) is 29.8 Å². The summed E-state index contributed by atoms with van der Waals surface area (Å²) in [6.45, 7) is 1.81. The van der Waals surface area contributed by atoms with E-state index >= 15 is 0 Å². The summed E-state index contributed by atoms with van der Waals surface area (Å²) in [6.07, 6.45) is 1.17. The number of para-hydroxylation sites is 1. The fraction of sp³-hybridized carbons (Fsp3) is 0.278. The summed E-state index contributed by atoms with van der Waals surface area (Å²) in [6, 6.07) is 10.4. The average Bonchev–Trinajstić information content (AvgIpc) is 2.55. The number of amides is 1. The normalized spacial score (nSPS) is 11.1. The van der Waals surface area contributed by atoms with E-state index in [1.807, 2.05) is 6.92 Å². The number of halogens is 1. The second-order valence-electron chi connectivity index (χ2n) is 5.93. The molecule has 0 aromatic heterocycles. The molecule has 6 nitrogen and oxygen atoms in total. The molecule has 2 aromatic rings. The van der Waals surface area contributed by atoms with E-state index < -0.39 is 9.84 Å². The van der Waals surface area contributed by atoms with Crippen molar-refractivity contribution in [1.29, 1.82) is 0 Å². The van der Waals surface area contributed by atoms with Crippen molar-refractivity contribution in [1.82, 2.24) is 0 Å². The van der Waals surface area contributed by atoms with Gasteiger partial charge in [-0.25, -0.2) is 8.42 Å². The van der Waals surface area contributed by atoms with Crippen molar-refractivity contribution in [2.24, 2.45) is 0 Å². The predicted molar refractivity (Wildman–Crippen MR) is 105 cm³/mol. The lowest BCUT2D eigenvalue weighted by Gasteiger charge is -2.14. The number of ether oxygens (including phenoxy) is 1. The minimum atomic E-state index is -3.17. The molecule has 2 aromatic carbocycles. The fourth-order valence-corrected chi connectivity index (χ4v) is 3.37. The van der Waals surface area contributed by atoms with Crippen LogP contribution in [0.25, 0.3) is 0 Å². The Hall–Kier alpha value is -2.25. The van der Waals surface area contributed by atoms with Crippen LogP contribution in [0.1, 0.15) is 11.1 Å². The molecule has 0 aliphatic carbocycles. The number of carbonyl (C=O) groups excluding carboxylic acids is 1. The van der Waals surface area contributed by atoms with Gasteiger partial charge in [0, 0.05) is 23.0 Å². The first-order valence-corrected chi connectivity index (χ1v) is 10.3. The molecule has 0 atom stereocenters. The van der Waals surface area contributed by atoms with E-state index in [4.69, 9.17) is 16.3 Å². The van der Waals surface area contributed by atoms with Gasteiger partial charge in [-0.2, -0.15) is 0 Å². The summed E-state index contributed by atoms with van der Waals surface area (Å²) in [5.41, 5.74) is 2.55. The third-order valence-corrected chi connectivity index (χ3v) is 4.87. The van der Waals surface area contributed by atoms with Gasteiger partial charge in [-0.15, -0.1) is 0 Å². The molecule has 2 rings (SSSR count). The highest BCUT2D eigenvalue weighted by molar-refractivity contribution is 7.89. The lowest BCUT2D eigenvalue weighted by molar-refractivity contribution is -0.114. The minimum Gasteiger partial charge on any atom is -0.495 e. The number of carbonyl (C=O) groups is 1. The number of hydrogen-bond donors (Lipinski definition) is 2. The van der Waals surface area contributed by atoms with Gasteiger partial charge >= 0.3 is 0 Å². The standard InChI is InChI=1S/C18H21ClN2O4S/c1-12-8-16(17(25-2)9-14(12)19)21-18(22)10-20-15-7-5-4-6-13(15)11-26(3,23)24/h4-9,20H,10-11H2,1-3H3,(H,21,22). The van der Waals surface area contributed by atoms with Gasteiger partial charge in [0.15, 0.2) is 9.84 Å². The summed E-state index contributed by atoms with van der Waals surface area (Å²) in [5.74, 6) is 0.0766. The van der Waals surface area contributed by atoms with Gasteiger partial charge in [-0.3, -0.25) is 4.79 Å². The maximum absolute atomic E-state index is 12.3. The molecule has 0 saturated carbocycles. The molecule has 0 bridgehead atoms. The molecule has 0 aliphatic heterocycles. The molecule has 0 unspecified atom stereocenters. The molecule has 1 amide bonds. The van der Waals surface area contributed by atoms with Crippen molar-refractivity contribution >= 4 is 38.7 Å². The van der Waals surface area contributed by atoms with Crippen molar-refractivity contribution in [3.8, 4) is 5.75 Å². The molecule has 8 heteroatoms. The van der Waals surface area contributed by atoms with Crippen molar-refractivity contribution in [2.45, 2.75) is 12.7 Å². The zero-order chi connectivity index (χ0) is 19.3. The molecular formula is C18H21ClN2O4S. The first-order valence-electron chi connectivity index (χ1n) is 7.83. The predicted octanol–water partition coefficient (Wildman–Crippen LogP) is 3.25. The zero-order valence-corrected chi connectivity index (χ0v) is 16.4. The lowest BCUT2D eigenvalue weighted by atomic mass is 10.2. The number of nitrogens with one attached hydrogen (secondary N) is 2. The van der Waals surface area contributed by atoms with E-state index in [2.05, 4.69) is 10.6 Å². The molecule has 2 N–H and O–H groups in total. The van der Waals surface area contributed by atoms with E-state index in [0.29, 0.717) is 27.7 Å². The number of hydrogen-bond acceptors (Lipinski definition) is 5. The molecule has 26 heavy (non-hydrogen) atoms. The molecule has 0 spiro atoms. The van der Waals surface area contributed by atoms with Crippen molar-refractivity contribution < 1.29 is 17.9 Å². The molecule has 0 fully saturated rings. The van der Waals surface area contributed by atoms with Crippen LogP contribution < -0.4 is 15.4 Å². The first kappa shape index (κ1) is 20.1. The number of anilines is 2. The van der Waals surface area contributed by atoms with Crippen LogP contribution in [0.2, 0.25) is 5.02 Å². The molecule has 0 radical (unpaired) electrons. The quantitative estimate of drug-likeness (QED) is 0.750. The number of sulfone groups is 1. The fourth-order valence-electron chi connectivity index (χ4n) is 2.40. The zero-order valence-electron chi connectivity index (χ0n) is 14.8. The molecular weight excluding hydrogens is 376 g/mol. The monoisotopic (exact) mass is 396 g/mol. The van der Waals surface area contributed by atoms with Crippen LogP contribution in [0.3, 0.4) is 0 Å². The Morgan fingerprint density at radius 3 is 2.54 bits per heavy atom. The Labute approximate surface area is 158 Å². The largest absolute Gasteiger partial charge is 0.495 e. The Morgan fingerprint density at radius 2 is 1.88 bits per heavy atom. The van der Waals surface area contributed by atoms with Crippen LogP contribution in [0.4, 0.5) is 11.4 Å². The highest BCUT2D eigenvalue weighted by Gasteiger charge is 2.12. The molecule has 140 valence electrons. The van der Waals surface area contributed by atoms with Crippen LogP contribution in [0.5, 0.6) is 5.75 Å². The van der Waals surface area contributed by atoms with Crippen molar-refractivity contribution in [3.63, 3.8) is 0 Å². The molecule has 0 heterocycles. The summed E-state index contributed by atoms with van der Waals surface area (Å²) >= 11 is 6.06. The summed E-state index contributed by atoms with van der Waals surface area (Å²) in [5, 5.41) is 6.29. The first-order chi connectivity index (χ1) is 12.2. The highest BCUT2D eigenvalue weighted by atomic mass is 35.5. The SMILES string of the molecule is COc1cc(Cl)c(C)cc1NC(=O)CNc1ccccc1CS(C)(=O)=O. The Bertz CT molecular complexity index is 913. The van der Waals surface area contributed by atoms with E-state index in [-0.39, 0.29) is 18.2 Å². The van der Waals surface area contributed by atoms with Gasteiger partial charge in [0.1, 0.15) is 5.75 Å². The smallest absolute Gasteiger partial charge is 0.243 e. The minimum absolute atomic E-state index is 0.0222. The van der Waals surface area contributed by atoms with Crippen LogP contribution in [0.15, 0.2) is 36.4 Å². The third kappa shape index (κ3) is 5.64. The van der Waals surface area contributed by atoms with Gasteiger partial charge in [0.25, 0.3) is 0 Å². The maximum atomic E-state index is 12.3. The van der Waals surface area contributed by atoms with E-state index in [0.717, 1.165) is 5.56 Å². The number of aryl methyl sites for hydroxylation is 1. The summed E-state index contributed by atoms with van der Waals surface area (Å²) in [7, 11) is -1.68. The van der Waals surface area contributed by atoms with Gasteiger partial charge < -0.3 is 15.4 Å². The number of rotatable bonds is 7. The summed E-state index contributed by atoms with van der Waals surface area (Å²) in [4.78, 5) is 12.3. The van der Waals surface area contributed by atoms with Crippen LogP contribution in [-0.4, -0.2) is 34.2 Å². The van der Waals surface area contributed by atoms with Crippen molar-refractivity contribution in [3.05, 3.63) is 52.5 Å². The van der Waals surface area contributed by atoms with E-state index in [1.54, 1.807) is 36.4 Å². The number of benzene rings is 2. The van der Waals surface area contributed by atoms with Crippen molar-refractivity contribution in [2.75, 3.05) is 30.5 Å².